The van der Waals surface area contributed by atoms with Gasteiger partial charge in [-0.15, -0.1) is 0 Å². The average Bonchev–Trinajstić information content (AvgIpc) is 3.24. The van der Waals surface area contributed by atoms with Crippen molar-refractivity contribution in [2.24, 2.45) is 5.92 Å². The van der Waals surface area contributed by atoms with Gasteiger partial charge in [0.15, 0.2) is 0 Å². The van der Waals surface area contributed by atoms with E-state index in [0.717, 1.165) is 12.1 Å². The zero-order valence-electron chi connectivity index (χ0n) is 19.2. The van der Waals surface area contributed by atoms with Crippen LogP contribution in [0, 0.1) is 5.92 Å². The molecule has 7 nitrogen and oxygen atoms in total. The molecule has 0 saturated carbocycles. The summed E-state index contributed by atoms with van der Waals surface area (Å²) in [6, 6.07) is 7.73. The van der Waals surface area contributed by atoms with E-state index in [1.54, 1.807) is 24.7 Å². The Morgan fingerprint density at radius 1 is 1.12 bits per heavy atom. The largest absolute Gasteiger partial charge is 0.462 e. The van der Waals surface area contributed by atoms with Crippen molar-refractivity contribution in [2.75, 3.05) is 13.2 Å². The molecule has 1 atom stereocenters. The number of aromatic nitrogens is 2. The van der Waals surface area contributed by atoms with Crippen molar-refractivity contribution in [2.45, 2.75) is 46.4 Å². The SMILES string of the molecule is CC(C)OC(=O)[C@H](NCC=CC(=O)OCC=Cc1ccc(Cn2ccnc2)cc1)C(C)C. The standard InChI is InChI=1S/C25H33N3O4/c1-19(2)24(25(30)32-20(3)4)27-13-5-8-23(29)31-16-6-7-21-9-11-22(12-10-21)17-28-15-14-26-18-28/h5-12,14-15,18-20,24,27H,13,16-17H2,1-4H3/t24-/m1/s1. The van der Waals surface area contributed by atoms with Crippen LogP contribution in [-0.2, 0) is 25.6 Å². The molecule has 1 aromatic carbocycles. The summed E-state index contributed by atoms with van der Waals surface area (Å²) in [6.45, 7) is 8.85. The smallest absolute Gasteiger partial charge is 0.330 e. The van der Waals surface area contributed by atoms with Crippen molar-refractivity contribution in [1.29, 1.82) is 0 Å². The van der Waals surface area contributed by atoms with Gasteiger partial charge in [-0.2, -0.15) is 0 Å². The number of benzene rings is 1. The molecule has 1 heterocycles. The summed E-state index contributed by atoms with van der Waals surface area (Å²) >= 11 is 0. The first-order valence-electron chi connectivity index (χ1n) is 10.8. The van der Waals surface area contributed by atoms with E-state index in [2.05, 4.69) is 22.4 Å². The van der Waals surface area contributed by atoms with Crippen molar-refractivity contribution < 1.29 is 19.1 Å². The van der Waals surface area contributed by atoms with Gasteiger partial charge >= 0.3 is 11.9 Å². The number of imidazole rings is 1. The Kier molecular flexibility index (Phi) is 10.4. The van der Waals surface area contributed by atoms with E-state index in [9.17, 15) is 9.59 Å². The highest BCUT2D eigenvalue weighted by Crippen LogP contribution is 2.08. The minimum absolute atomic E-state index is 0.0757. The quantitative estimate of drug-likeness (QED) is 0.402. The molecule has 0 amide bonds. The van der Waals surface area contributed by atoms with Crippen LogP contribution in [0.4, 0.5) is 0 Å². The summed E-state index contributed by atoms with van der Waals surface area (Å²) < 4.78 is 12.4. The highest BCUT2D eigenvalue weighted by molar-refractivity contribution is 5.82. The molecule has 7 heteroatoms. The zero-order chi connectivity index (χ0) is 23.3. The van der Waals surface area contributed by atoms with Crippen LogP contribution < -0.4 is 5.32 Å². The molecular formula is C25H33N3O4. The Bertz CT molecular complexity index is 884. The Labute approximate surface area is 190 Å². The fourth-order valence-electron chi connectivity index (χ4n) is 2.93. The first-order valence-corrected chi connectivity index (χ1v) is 10.8. The van der Waals surface area contributed by atoms with Crippen molar-refractivity contribution in [3.05, 3.63) is 72.3 Å². The van der Waals surface area contributed by atoms with Gasteiger partial charge in [0.1, 0.15) is 12.6 Å². The fraction of sp³-hybridized carbons (Fsp3) is 0.400. The number of rotatable bonds is 12. The summed E-state index contributed by atoms with van der Waals surface area (Å²) in [5.74, 6) is -0.643. The summed E-state index contributed by atoms with van der Waals surface area (Å²) in [4.78, 5) is 28.0. The number of esters is 2. The van der Waals surface area contributed by atoms with Gasteiger partial charge in [-0.3, -0.25) is 4.79 Å². The lowest BCUT2D eigenvalue weighted by Crippen LogP contribution is -2.43. The molecule has 0 aliphatic heterocycles. The van der Waals surface area contributed by atoms with Gasteiger partial charge in [0.05, 0.1) is 12.4 Å². The van der Waals surface area contributed by atoms with Crippen LogP contribution in [0.1, 0.15) is 38.8 Å². The molecule has 2 rings (SSSR count). The molecule has 0 unspecified atom stereocenters. The van der Waals surface area contributed by atoms with Crippen molar-refractivity contribution in [3.63, 3.8) is 0 Å². The van der Waals surface area contributed by atoms with Gasteiger partial charge in [-0.1, -0.05) is 50.3 Å². The van der Waals surface area contributed by atoms with Gasteiger partial charge in [-0.05, 0) is 37.0 Å². The van der Waals surface area contributed by atoms with Gasteiger partial charge in [-0.25, -0.2) is 9.78 Å². The molecule has 0 fully saturated rings. The minimum atomic E-state index is -0.432. The second-order valence-electron chi connectivity index (χ2n) is 8.03. The molecule has 32 heavy (non-hydrogen) atoms. The van der Waals surface area contributed by atoms with E-state index >= 15 is 0 Å². The Morgan fingerprint density at radius 3 is 2.50 bits per heavy atom. The monoisotopic (exact) mass is 439 g/mol. The topological polar surface area (TPSA) is 82.5 Å². The number of nitrogens with zero attached hydrogens (tertiary/aromatic N) is 2. The van der Waals surface area contributed by atoms with Crippen LogP contribution in [0.25, 0.3) is 6.08 Å². The average molecular weight is 440 g/mol. The van der Waals surface area contributed by atoms with Crippen molar-refractivity contribution in [3.8, 4) is 0 Å². The van der Waals surface area contributed by atoms with E-state index in [-0.39, 0.29) is 24.6 Å². The van der Waals surface area contributed by atoms with E-state index in [1.165, 1.54) is 11.6 Å². The number of carbonyl (C=O) groups excluding carboxylic acids is 2. The van der Waals surface area contributed by atoms with Crippen LogP contribution >= 0.6 is 0 Å². The van der Waals surface area contributed by atoms with Crippen molar-refractivity contribution in [1.82, 2.24) is 14.9 Å². The number of hydrogen-bond donors (Lipinski definition) is 1. The number of nitrogens with one attached hydrogen (secondary N) is 1. The maximum absolute atomic E-state index is 12.1. The maximum Gasteiger partial charge on any atom is 0.330 e. The molecule has 1 aromatic heterocycles. The highest BCUT2D eigenvalue weighted by Gasteiger charge is 2.23. The Balaban J connectivity index is 1.69. The third-order valence-corrected chi connectivity index (χ3v) is 4.52. The van der Waals surface area contributed by atoms with Gasteiger partial charge in [0, 0.05) is 31.6 Å². The third-order valence-electron chi connectivity index (χ3n) is 4.52. The van der Waals surface area contributed by atoms with E-state index in [1.807, 2.05) is 56.7 Å². The van der Waals surface area contributed by atoms with E-state index in [0.29, 0.717) is 6.54 Å². The summed E-state index contributed by atoms with van der Waals surface area (Å²) in [5, 5.41) is 3.10. The van der Waals surface area contributed by atoms with Crippen LogP contribution in [0.2, 0.25) is 0 Å². The fourth-order valence-corrected chi connectivity index (χ4v) is 2.93. The van der Waals surface area contributed by atoms with E-state index < -0.39 is 12.0 Å². The van der Waals surface area contributed by atoms with Gasteiger partial charge < -0.3 is 19.4 Å². The van der Waals surface area contributed by atoms with Crippen LogP contribution in [0.5, 0.6) is 0 Å². The first-order chi connectivity index (χ1) is 15.3. The summed E-state index contributed by atoms with van der Waals surface area (Å²) in [7, 11) is 0. The predicted molar refractivity (Wildman–Crippen MR) is 125 cm³/mol. The lowest BCUT2D eigenvalue weighted by molar-refractivity contribution is -0.151. The van der Waals surface area contributed by atoms with Crippen LogP contribution in [0.3, 0.4) is 0 Å². The second-order valence-corrected chi connectivity index (χ2v) is 8.03. The molecule has 172 valence electrons. The number of hydrogen-bond acceptors (Lipinski definition) is 6. The van der Waals surface area contributed by atoms with E-state index in [4.69, 9.17) is 9.47 Å². The Morgan fingerprint density at radius 2 is 1.88 bits per heavy atom. The predicted octanol–water partition coefficient (Wildman–Crippen LogP) is 3.61. The van der Waals surface area contributed by atoms with Crippen molar-refractivity contribution >= 4 is 18.0 Å². The third kappa shape index (κ3) is 9.31. The molecule has 0 aliphatic rings. The second kappa shape index (κ2) is 13.3. The molecule has 0 aliphatic carbocycles. The minimum Gasteiger partial charge on any atom is -0.462 e. The van der Waals surface area contributed by atoms with Crippen LogP contribution in [0.15, 0.2) is 61.2 Å². The summed E-state index contributed by atoms with van der Waals surface area (Å²) in [5.41, 5.74) is 2.21. The molecular weight excluding hydrogens is 406 g/mol. The van der Waals surface area contributed by atoms with Gasteiger partial charge in [0.25, 0.3) is 0 Å². The molecule has 0 saturated heterocycles. The molecule has 0 spiro atoms. The lowest BCUT2D eigenvalue weighted by Gasteiger charge is -2.21. The first kappa shape index (κ1) is 25.1. The molecule has 2 aromatic rings. The number of ether oxygens (including phenoxy) is 2. The summed E-state index contributed by atoms with van der Waals surface area (Å²) in [6.07, 6.45) is 12.0. The maximum atomic E-state index is 12.1. The normalized spacial score (nSPS) is 12.7. The zero-order valence-corrected chi connectivity index (χ0v) is 19.2. The molecule has 0 bridgehead atoms. The molecule has 0 radical (unpaired) electrons. The highest BCUT2D eigenvalue weighted by atomic mass is 16.5. The number of carbonyl (C=O) groups is 2. The van der Waals surface area contributed by atoms with Gasteiger partial charge in [0.2, 0.25) is 0 Å². The van der Waals surface area contributed by atoms with Crippen LogP contribution in [-0.4, -0.2) is 46.8 Å². The lowest BCUT2D eigenvalue weighted by atomic mass is 10.0. The molecule has 1 N–H and O–H groups in total. The Hall–Kier alpha value is -3.19.